The second-order valence-corrected chi connectivity index (χ2v) is 7.16. The topological polar surface area (TPSA) is 24.9 Å². The zero-order chi connectivity index (χ0) is 12.8. The van der Waals surface area contributed by atoms with Crippen LogP contribution in [0, 0.1) is 30.6 Å². The minimum atomic E-state index is 0.774. The van der Waals surface area contributed by atoms with Crippen molar-refractivity contribution in [3.05, 3.63) is 29.6 Å². The summed E-state index contributed by atoms with van der Waals surface area (Å²) in [6.45, 7) is 3.05. The van der Waals surface area contributed by atoms with Gasteiger partial charge in [0, 0.05) is 18.8 Å². The monoisotopic (exact) mass is 256 g/mol. The first-order chi connectivity index (χ1) is 9.28. The Labute approximate surface area is 116 Å². The number of nitrogens with one attached hydrogen (secondary N) is 1. The van der Waals surface area contributed by atoms with Crippen LogP contribution in [0.2, 0.25) is 0 Å². The second-order valence-electron chi connectivity index (χ2n) is 7.16. The van der Waals surface area contributed by atoms with Gasteiger partial charge in [-0.15, -0.1) is 0 Å². The van der Waals surface area contributed by atoms with Crippen LogP contribution in [0.5, 0.6) is 0 Å². The highest BCUT2D eigenvalue weighted by atomic mass is 15.0. The molecule has 0 aliphatic heterocycles. The zero-order valence-corrected chi connectivity index (χ0v) is 11.8. The first-order valence-electron chi connectivity index (χ1n) is 7.93. The number of rotatable bonds is 3. The van der Waals surface area contributed by atoms with Crippen molar-refractivity contribution in [2.75, 3.05) is 0 Å². The molecule has 1 heterocycles. The van der Waals surface area contributed by atoms with Gasteiger partial charge in [-0.1, -0.05) is 6.07 Å². The molecule has 4 aliphatic rings. The molecule has 0 unspecified atom stereocenters. The van der Waals surface area contributed by atoms with Crippen LogP contribution >= 0.6 is 0 Å². The molecule has 0 amide bonds. The van der Waals surface area contributed by atoms with Gasteiger partial charge in [0.1, 0.15) is 0 Å². The fourth-order valence-corrected chi connectivity index (χ4v) is 5.08. The Kier molecular flexibility index (Phi) is 2.87. The van der Waals surface area contributed by atoms with Crippen molar-refractivity contribution in [1.29, 1.82) is 0 Å². The van der Waals surface area contributed by atoms with E-state index in [1.165, 1.54) is 36.9 Å². The molecule has 4 fully saturated rings. The number of hydrogen-bond acceptors (Lipinski definition) is 2. The Balaban J connectivity index is 1.42. The third-order valence-electron chi connectivity index (χ3n) is 5.72. The molecule has 0 atom stereocenters. The van der Waals surface area contributed by atoms with Crippen LogP contribution in [0.1, 0.15) is 43.4 Å². The van der Waals surface area contributed by atoms with Crippen molar-refractivity contribution in [3.8, 4) is 0 Å². The SMILES string of the molecule is Cc1ccc(CNC2C3CC4CC(C3)CC2C4)nc1. The van der Waals surface area contributed by atoms with Gasteiger partial charge in [0.25, 0.3) is 0 Å². The Morgan fingerprint density at radius 3 is 2.32 bits per heavy atom. The van der Waals surface area contributed by atoms with Crippen LogP contribution in [0.25, 0.3) is 0 Å². The van der Waals surface area contributed by atoms with Crippen LogP contribution < -0.4 is 5.32 Å². The van der Waals surface area contributed by atoms with Crippen molar-refractivity contribution in [1.82, 2.24) is 10.3 Å². The molecule has 4 bridgehead atoms. The van der Waals surface area contributed by atoms with E-state index in [1.54, 1.807) is 6.42 Å². The number of pyridine rings is 1. The van der Waals surface area contributed by atoms with Crippen LogP contribution in [-0.4, -0.2) is 11.0 Å². The van der Waals surface area contributed by atoms with Crippen LogP contribution in [-0.2, 0) is 6.54 Å². The molecule has 5 rings (SSSR count). The van der Waals surface area contributed by atoms with E-state index in [0.717, 1.165) is 36.3 Å². The summed E-state index contributed by atoms with van der Waals surface area (Å²) in [5.74, 6) is 4.06. The van der Waals surface area contributed by atoms with Gasteiger partial charge < -0.3 is 5.32 Å². The first kappa shape index (κ1) is 11.9. The fraction of sp³-hybridized carbons (Fsp3) is 0.706. The summed E-state index contributed by atoms with van der Waals surface area (Å²) in [4.78, 5) is 4.52. The van der Waals surface area contributed by atoms with E-state index in [4.69, 9.17) is 0 Å². The van der Waals surface area contributed by atoms with E-state index in [9.17, 15) is 0 Å². The maximum Gasteiger partial charge on any atom is 0.0541 e. The molecular formula is C17H24N2. The molecule has 102 valence electrons. The molecule has 0 spiro atoms. The molecule has 1 aromatic rings. The smallest absolute Gasteiger partial charge is 0.0541 e. The molecule has 0 saturated heterocycles. The number of hydrogen-bond donors (Lipinski definition) is 1. The Morgan fingerprint density at radius 1 is 1.05 bits per heavy atom. The van der Waals surface area contributed by atoms with Gasteiger partial charge in [0.2, 0.25) is 0 Å². The summed E-state index contributed by atoms with van der Waals surface area (Å²) in [5.41, 5.74) is 2.44. The molecule has 2 nitrogen and oxygen atoms in total. The third kappa shape index (κ3) is 2.20. The van der Waals surface area contributed by atoms with Gasteiger partial charge in [0.05, 0.1) is 5.69 Å². The molecule has 2 heteroatoms. The summed E-state index contributed by atoms with van der Waals surface area (Å²) < 4.78 is 0. The molecule has 0 aromatic carbocycles. The van der Waals surface area contributed by atoms with E-state index in [1.807, 2.05) is 6.20 Å². The van der Waals surface area contributed by atoms with E-state index in [2.05, 4.69) is 29.4 Å². The van der Waals surface area contributed by atoms with Crippen molar-refractivity contribution >= 4 is 0 Å². The van der Waals surface area contributed by atoms with Crippen molar-refractivity contribution in [3.63, 3.8) is 0 Å². The van der Waals surface area contributed by atoms with E-state index in [0.29, 0.717) is 0 Å². The standard InChI is InChI=1S/C17H24N2/c1-11-2-3-16(18-9-11)10-19-17-14-5-12-4-13(7-14)8-15(17)6-12/h2-3,9,12-15,17,19H,4-8,10H2,1H3. The lowest BCUT2D eigenvalue weighted by atomic mass is 9.54. The van der Waals surface area contributed by atoms with Crippen molar-refractivity contribution < 1.29 is 0 Å². The lowest BCUT2D eigenvalue weighted by Crippen LogP contribution is -2.54. The highest BCUT2D eigenvalue weighted by Crippen LogP contribution is 2.53. The largest absolute Gasteiger partial charge is 0.308 e. The number of aryl methyl sites for hydroxylation is 1. The Bertz CT molecular complexity index is 423. The van der Waals surface area contributed by atoms with Crippen molar-refractivity contribution in [2.45, 2.75) is 51.6 Å². The zero-order valence-electron chi connectivity index (χ0n) is 11.8. The van der Waals surface area contributed by atoms with E-state index < -0.39 is 0 Å². The average Bonchev–Trinajstić information content (AvgIpc) is 2.39. The number of aromatic nitrogens is 1. The summed E-state index contributed by atoms with van der Waals surface area (Å²) in [5, 5.41) is 3.84. The van der Waals surface area contributed by atoms with Crippen molar-refractivity contribution in [2.24, 2.45) is 23.7 Å². The van der Waals surface area contributed by atoms with Gasteiger partial charge in [-0.2, -0.15) is 0 Å². The molecule has 4 aliphatic carbocycles. The highest BCUT2D eigenvalue weighted by molar-refractivity contribution is 5.12. The van der Waals surface area contributed by atoms with Gasteiger partial charge in [-0.05, 0) is 74.3 Å². The molecule has 1 N–H and O–H groups in total. The number of nitrogens with zero attached hydrogens (tertiary/aromatic N) is 1. The highest BCUT2D eigenvalue weighted by Gasteiger charge is 2.47. The van der Waals surface area contributed by atoms with Crippen LogP contribution in [0.15, 0.2) is 18.3 Å². The lowest BCUT2D eigenvalue weighted by Gasteiger charge is -2.54. The predicted octanol–water partition coefficient (Wildman–Crippen LogP) is 3.30. The molecule has 4 saturated carbocycles. The summed E-state index contributed by atoms with van der Waals surface area (Å²) in [7, 11) is 0. The molecule has 1 aromatic heterocycles. The van der Waals surface area contributed by atoms with Gasteiger partial charge in [0.15, 0.2) is 0 Å². The molecule has 19 heavy (non-hydrogen) atoms. The molecule has 0 radical (unpaired) electrons. The summed E-state index contributed by atoms with van der Waals surface area (Å²) in [6.07, 6.45) is 9.49. The maximum atomic E-state index is 4.52. The van der Waals surface area contributed by atoms with Crippen LogP contribution in [0.3, 0.4) is 0 Å². The minimum Gasteiger partial charge on any atom is -0.308 e. The third-order valence-corrected chi connectivity index (χ3v) is 5.72. The Morgan fingerprint density at radius 2 is 1.74 bits per heavy atom. The molecular weight excluding hydrogens is 232 g/mol. The quantitative estimate of drug-likeness (QED) is 0.897. The minimum absolute atomic E-state index is 0.774. The average molecular weight is 256 g/mol. The van der Waals surface area contributed by atoms with E-state index >= 15 is 0 Å². The van der Waals surface area contributed by atoms with Crippen LogP contribution in [0.4, 0.5) is 0 Å². The fourth-order valence-electron chi connectivity index (χ4n) is 5.08. The lowest BCUT2D eigenvalue weighted by molar-refractivity contribution is -0.0143. The van der Waals surface area contributed by atoms with Gasteiger partial charge >= 0.3 is 0 Å². The summed E-state index contributed by atoms with van der Waals surface area (Å²) in [6, 6.07) is 5.11. The van der Waals surface area contributed by atoms with E-state index in [-0.39, 0.29) is 0 Å². The first-order valence-corrected chi connectivity index (χ1v) is 7.93. The summed E-state index contributed by atoms with van der Waals surface area (Å²) >= 11 is 0. The maximum absolute atomic E-state index is 4.52. The second kappa shape index (κ2) is 4.59. The van der Waals surface area contributed by atoms with Gasteiger partial charge in [-0.25, -0.2) is 0 Å². The van der Waals surface area contributed by atoms with Gasteiger partial charge in [-0.3, -0.25) is 4.98 Å². The Hall–Kier alpha value is -0.890. The predicted molar refractivity (Wildman–Crippen MR) is 76.6 cm³/mol. The normalized spacial score (nSPS) is 39.7.